The molecule has 0 aromatic heterocycles. The molecule has 2 N–H and O–H groups in total. The van der Waals surface area contributed by atoms with Gasteiger partial charge in [-0.1, -0.05) is 27.7 Å². The lowest BCUT2D eigenvalue weighted by molar-refractivity contribution is 0.199. The highest BCUT2D eigenvalue weighted by molar-refractivity contribution is 4.70. The van der Waals surface area contributed by atoms with E-state index in [1.807, 2.05) is 0 Å². The molecule has 0 radical (unpaired) electrons. The summed E-state index contributed by atoms with van der Waals surface area (Å²) >= 11 is 0. The molecule has 0 saturated carbocycles. The number of aliphatic hydroxyl groups is 1. The third-order valence-corrected chi connectivity index (χ3v) is 2.66. The summed E-state index contributed by atoms with van der Waals surface area (Å²) in [6.07, 6.45) is 3.46. The quantitative estimate of drug-likeness (QED) is 0.601. The zero-order chi connectivity index (χ0) is 12.4. The van der Waals surface area contributed by atoms with Gasteiger partial charge in [0.25, 0.3) is 0 Å². The Morgan fingerprint density at radius 3 is 2.00 bits per heavy atom. The minimum atomic E-state index is 0.240. The Balaban J connectivity index is 3.85. The average molecular weight is 230 g/mol. The molecule has 0 bridgehead atoms. The molecule has 1 unspecified atom stereocenters. The summed E-state index contributed by atoms with van der Waals surface area (Å²) in [6.45, 7) is 12.4. The van der Waals surface area contributed by atoms with Crippen LogP contribution in [-0.2, 0) is 0 Å². The topological polar surface area (TPSA) is 35.5 Å². The maximum Gasteiger partial charge on any atom is 0.0585 e. The standard InChI is InChI=1S/C13H30N2O/c1-5-8-15(9-6-2)10-7-13(11-16)14-12(3)4/h12-14,16H,5-11H2,1-4H3. The summed E-state index contributed by atoms with van der Waals surface area (Å²) in [5, 5.41) is 12.7. The van der Waals surface area contributed by atoms with Crippen LogP contribution in [0.5, 0.6) is 0 Å². The van der Waals surface area contributed by atoms with E-state index in [0.29, 0.717) is 6.04 Å². The lowest BCUT2D eigenvalue weighted by Crippen LogP contribution is -2.40. The van der Waals surface area contributed by atoms with Crippen molar-refractivity contribution in [3.05, 3.63) is 0 Å². The molecule has 0 aliphatic heterocycles. The van der Waals surface area contributed by atoms with E-state index in [-0.39, 0.29) is 12.6 Å². The molecule has 0 aliphatic rings. The Morgan fingerprint density at radius 1 is 1.06 bits per heavy atom. The summed E-state index contributed by atoms with van der Waals surface area (Å²) in [7, 11) is 0. The highest BCUT2D eigenvalue weighted by atomic mass is 16.3. The number of rotatable bonds is 10. The molecule has 0 heterocycles. The van der Waals surface area contributed by atoms with Crippen molar-refractivity contribution < 1.29 is 5.11 Å². The van der Waals surface area contributed by atoms with E-state index < -0.39 is 0 Å². The van der Waals surface area contributed by atoms with Gasteiger partial charge in [-0.05, 0) is 38.9 Å². The molecule has 3 nitrogen and oxygen atoms in total. The lowest BCUT2D eigenvalue weighted by Gasteiger charge is -2.25. The van der Waals surface area contributed by atoms with Crippen LogP contribution in [-0.4, -0.2) is 48.3 Å². The fraction of sp³-hybridized carbons (Fsp3) is 1.00. The van der Waals surface area contributed by atoms with Crippen LogP contribution in [0.4, 0.5) is 0 Å². The Morgan fingerprint density at radius 2 is 1.62 bits per heavy atom. The zero-order valence-electron chi connectivity index (χ0n) is 11.5. The average Bonchev–Trinajstić information content (AvgIpc) is 2.24. The van der Waals surface area contributed by atoms with E-state index in [1.54, 1.807) is 0 Å². The molecule has 0 aromatic rings. The van der Waals surface area contributed by atoms with Gasteiger partial charge < -0.3 is 15.3 Å². The first-order valence-electron chi connectivity index (χ1n) is 6.73. The number of hydrogen-bond acceptors (Lipinski definition) is 3. The maximum atomic E-state index is 9.27. The molecule has 0 fully saturated rings. The summed E-state index contributed by atoms with van der Waals surface area (Å²) in [4.78, 5) is 2.49. The number of aliphatic hydroxyl groups excluding tert-OH is 1. The van der Waals surface area contributed by atoms with Gasteiger partial charge in [-0.15, -0.1) is 0 Å². The molecular weight excluding hydrogens is 200 g/mol. The lowest BCUT2D eigenvalue weighted by atomic mass is 10.2. The molecule has 0 rings (SSSR count). The van der Waals surface area contributed by atoms with Crippen molar-refractivity contribution in [3.8, 4) is 0 Å². The minimum absolute atomic E-state index is 0.240. The highest BCUT2D eigenvalue weighted by Crippen LogP contribution is 2.00. The fourth-order valence-corrected chi connectivity index (χ4v) is 2.01. The van der Waals surface area contributed by atoms with E-state index in [2.05, 4.69) is 37.9 Å². The Labute approximate surface area is 101 Å². The largest absolute Gasteiger partial charge is 0.395 e. The summed E-state index contributed by atoms with van der Waals surface area (Å²) < 4.78 is 0. The molecule has 98 valence electrons. The van der Waals surface area contributed by atoms with Crippen LogP contribution < -0.4 is 5.32 Å². The minimum Gasteiger partial charge on any atom is -0.395 e. The number of hydrogen-bond donors (Lipinski definition) is 2. The van der Waals surface area contributed by atoms with Crippen LogP contribution >= 0.6 is 0 Å². The first-order chi connectivity index (χ1) is 7.63. The Hall–Kier alpha value is -0.120. The molecule has 0 aromatic carbocycles. The van der Waals surface area contributed by atoms with Crippen LogP contribution in [0.15, 0.2) is 0 Å². The van der Waals surface area contributed by atoms with Gasteiger partial charge in [-0.25, -0.2) is 0 Å². The molecular formula is C13H30N2O. The normalized spacial score (nSPS) is 13.7. The first-order valence-corrected chi connectivity index (χ1v) is 6.73. The van der Waals surface area contributed by atoms with Gasteiger partial charge in [-0.3, -0.25) is 0 Å². The van der Waals surface area contributed by atoms with Crippen molar-refractivity contribution in [2.75, 3.05) is 26.2 Å². The SMILES string of the molecule is CCCN(CCC)CCC(CO)NC(C)C. The molecule has 0 aliphatic carbocycles. The van der Waals surface area contributed by atoms with Gasteiger partial charge in [0.05, 0.1) is 6.61 Å². The van der Waals surface area contributed by atoms with Crippen LogP contribution in [0.1, 0.15) is 47.0 Å². The molecule has 16 heavy (non-hydrogen) atoms. The van der Waals surface area contributed by atoms with Crippen LogP contribution in [0.2, 0.25) is 0 Å². The van der Waals surface area contributed by atoms with Crippen molar-refractivity contribution in [1.29, 1.82) is 0 Å². The summed E-state index contributed by atoms with van der Waals surface area (Å²) in [6, 6.07) is 0.694. The third-order valence-electron chi connectivity index (χ3n) is 2.66. The van der Waals surface area contributed by atoms with E-state index in [9.17, 15) is 5.11 Å². The van der Waals surface area contributed by atoms with Crippen molar-refractivity contribution in [2.24, 2.45) is 0 Å². The second-order valence-corrected chi connectivity index (χ2v) is 4.83. The molecule has 1 atom stereocenters. The smallest absolute Gasteiger partial charge is 0.0585 e. The van der Waals surface area contributed by atoms with E-state index in [1.165, 1.54) is 25.9 Å². The van der Waals surface area contributed by atoms with Crippen LogP contribution in [0, 0.1) is 0 Å². The van der Waals surface area contributed by atoms with Gasteiger partial charge >= 0.3 is 0 Å². The monoisotopic (exact) mass is 230 g/mol. The van der Waals surface area contributed by atoms with Gasteiger partial charge in [0.2, 0.25) is 0 Å². The second-order valence-electron chi connectivity index (χ2n) is 4.83. The van der Waals surface area contributed by atoms with Gasteiger partial charge in [0.1, 0.15) is 0 Å². The van der Waals surface area contributed by atoms with E-state index in [0.717, 1.165) is 13.0 Å². The second kappa shape index (κ2) is 10.1. The Kier molecular flexibility index (Phi) is 9.99. The molecule has 0 saturated heterocycles. The summed E-state index contributed by atoms with van der Waals surface area (Å²) in [5.74, 6) is 0. The van der Waals surface area contributed by atoms with Crippen LogP contribution in [0.25, 0.3) is 0 Å². The van der Waals surface area contributed by atoms with Gasteiger partial charge in [0.15, 0.2) is 0 Å². The van der Waals surface area contributed by atoms with Gasteiger partial charge in [-0.2, -0.15) is 0 Å². The molecule has 0 spiro atoms. The van der Waals surface area contributed by atoms with Crippen molar-refractivity contribution in [1.82, 2.24) is 10.2 Å². The van der Waals surface area contributed by atoms with Crippen molar-refractivity contribution >= 4 is 0 Å². The molecule has 3 heteroatoms. The van der Waals surface area contributed by atoms with E-state index >= 15 is 0 Å². The first kappa shape index (κ1) is 15.9. The van der Waals surface area contributed by atoms with Gasteiger partial charge in [0, 0.05) is 12.1 Å². The van der Waals surface area contributed by atoms with E-state index in [4.69, 9.17) is 0 Å². The highest BCUT2D eigenvalue weighted by Gasteiger charge is 2.10. The zero-order valence-corrected chi connectivity index (χ0v) is 11.5. The Bertz CT molecular complexity index is 143. The maximum absolute atomic E-state index is 9.27. The van der Waals surface area contributed by atoms with Crippen molar-refractivity contribution in [3.63, 3.8) is 0 Å². The van der Waals surface area contributed by atoms with Crippen molar-refractivity contribution in [2.45, 2.75) is 59.0 Å². The van der Waals surface area contributed by atoms with Crippen LogP contribution in [0.3, 0.4) is 0 Å². The predicted octanol–water partition coefficient (Wildman–Crippen LogP) is 1.86. The summed E-state index contributed by atoms with van der Waals surface area (Å²) in [5.41, 5.74) is 0. The fourth-order valence-electron chi connectivity index (χ4n) is 2.01. The third kappa shape index (κ3) is 8.08. The number of nitrogens with one attached hydrogen (secondary N) is 1. The predicted molar refractivity (Wildman–Crippen MR) is 70.8 cm³/mol. The molecule has 0 amide bonds. The number of nitrogens with zero attached hydrogens (tertiary/aromatic N) is 1.